The second-order valence-electron chi connectivity index (χ2n) is 7.77. The maximum Gasteiger partial charge on any atom is 0.309 e. The lowest BCUT2D eigenvalue weighted by Gasteiger charge is -2.37. The maximum atomic E-state index is 12.1. The largest absolute Gasteiger partial charge is 0.462 e. The molecule has 2 fully saturated rings. The Morgan fingerprint density at radius 3 is 2.36 bits per heavy atom. The molecule has 2 saturated carbocycles. The lowest BCUT2D eigenvalue weighted by atomic mass is 9.68. The highest BCUT2D eigenvalue weighted by Crippen LogP contribution is 2.41. The normalized spacial score (nSPS) is 25.9. The van der Waals surface area contributed by atoms with Crippen molar-refractivity contribution in [2.45, 2.75) is 65.7 Å². The minimum absolute atomic E-state index is 0.0677. The van der Waals surface area contributed by atoms with Crippen LogP contribution in [0, 0.1) is 23.2 Å². The van der Waals surface area contributed by atoms with Crippen molar-refractivity contribution in [1.29, 1.82) is 0 Å². The average Bonchev–Trinajstić information content (AvgIpc) is 2.39. The lowest BCUT2D eigenvalue weighted by Crippen LogP contribution is -2.32. The molecule has 0 saturated heterocycles. The molecule has 2 rings (SSSR count). The Morgan fingerprint density at radius 2 is 1.77 bits per heavy atom. The van der Waals surface area contributed by atoms with Crippen LogP contribution in [-0.2, 0) is 19.1 Å². The molecule has 2 aliphatic rings. The fourth-order valence-electron chi connectivity index (χ4n) is 3.55. The summed E-state index contributed by atoms with van der Waals surface area (Å²) in [6.07, 6.45) is 7.61. The molecule has 0 aliphatic heterocycles. The third-order valence-electron chi connectivity index (χ3n) is 5.33. The standard InChI is InChI=1S/C18H30O4/c1-13(15-8-5-9-18(2,3)12-15)16(19)21-10-11-22-17(20)14-6-4-7-14/h13-15H,4-12H2,1-3H3/t13-,15-/m1/s1. The van der Waals surface area contributed by atoms with Crippen LogP contribution in [0.25, 0.3) is 0 Å². The van der Waals surface area contributed by atoms with E-state index in [-0.39, 0.29) is 37.0 Å². The van der Waals surface area contributed by atoms with Gasteiger partial charge >= 0.3 is 11.9 Å². The zero-order chi connectivity index (χ0) is 16.2. The van der Waals surface area contributed by atoms with Gasteiger partial charge in [0.2, 0.25) is 0 Å². The summed E-state index contributed by atoms with van der Waals surface area (Å²) in [6, 6.07) is 0. The van der Waals surface area contributed by atoms with Gasteiger partial charge in [-0.25, -0.2) is 0 Å². The summed E-state index contributed by atoms with van der Waals surface area (Å²) in [5.74, 6) is 0.140. The molecular weight excluding hydrogens is 280 g/mol. The van der Waals surface area contributed by atoms with Crippen LogP contribution in [0.3, 0.4) is 0 Å². The zero-order valence-electron chi connectivity index (χ0n) is 14.2. The molecule has 0 aromatic rings. The van der Waals surface area contributed by atoms with Gasteiger partial charge in [0.25, 0.3) is 0 Å². The molecule has 0 radical (unpaired) electrons. The van der Waals surface area contributed by atoms with Crippen LogP contribution in [0.1, 0.15) is 65.7 Å². The van der Waals surface area contributed by atoms with Crippen molar-refractivity contribution >= 4 is 11.9 Å². The highest BCUT2D eigenvalue weighted by atomic mass is 16.6. The first-order valence-electron chi connectivity index (χ1n) is 8.72. The first-order valence-corrected chi connectivity index (χ1v) is 8.72. The van der Waals surface area contributed by atoms with Crippen LogP contribution in [0.15, 0.2) is 0 Å². The van der Waals surface area contributed by atoms with Gasteiger partial charge in [0.15, 0.2) is 0 Å². The first-order chi connectivity index (χ1) is 10.4. The number of hydrogen-bond acceptors (Lipinski definition) is 4. The molecule has 2 aliphatic carbocycles. The fourth-order valence-corrected chi connectivity index (χ4v) is 3.55. The number of rotatable bonds is 6. The van der Waals surface area contributed by atoms with Gasteiger partial charge in [-0.3, -0.25) is 9.59 Å². The fraction of sp³-hybridized carbons (Fsp3) is 0.889. The summed E-state index contributed by atoms with van der Waals surface area (Å²) in [4.78, 5) is 23.7. The molecule has 0 spiro atoms. The zero-order valence-corrected chi connectivity index (χ0v) is 14.2. The Hall–Kier alpha value is -1.06. The van der Waals surface area contributed by atoms with Gasteiger partial charge < -0.3 is 9.47 Å². The van der Waals surface area contributed by atoms with Crippen LogP contribution in [0.2, 0.25) is 0 Å². The molecule has 4 heteroatoms. The van der Waals surface area contributed by atoms with Crippen molar-refractivity contribution in [2.24, 2.45) is 23.2 Å². The molecule has 0 aromatic heterocycles. The van der Waals surface area contributed by atoms with E-state index >= 15 is 0 Å². The molecule has 0 unspecified atom stereocenters. The molecule has 0 amide bonds. The van der Waals surface area contributed by atoms with Gasteiger partial charge in [-0.2, -0.15) is 0 Å². The van der Waals surface area contributed by atoms with E-state index in [2.05, 4.69) is 13.8 Å². The Morgan fingerprint density at radius 1 is 1.09 bits per heavy atom. The van der Waals surface area contributed by atoms with Crippen molar-refractivity contribution < 1.29 is 19.1 Å². The Balaban J connectivity index is 1.64. The van der Waals surface area contributed by atoms with Crippen molar-refractivity contribution in [1.82, 2.24) is 0 Å². The van der Waals surface area contributed by atoms with Gasteiger partial charge in [-0.15, -0.1) is 0 Å². The van der Waals surface area contributed by atoms with Gasteiger partial charge in [0, 0.05) is 0 Å². The molecule has 126 valence electrons. The van der Waals surface area contributed by atoms with Gasteiger partial charge in [-0.1, -0.05) is 33.6 Å². The molecule has 2 atom stereocenters. The lowest BCUT2D eigenvalue weighted by molar-refractivity contribution is -0.160. The number of hydrogen-bond donors (Lipinski definition) is 0. The number of carbonyl (C=O) groups excluding carboxylic acids is 2. The van der Waals surface area contributed by atoms with Crippen LogP contribution in [0.4, 0.5) is 0 Å². The number of ether oxygens (including phenoxy) is 2. The predicted molar refractivity (Wildman–Crippen MR) is 84.2 cm³/mol. The highest BCUT2D eigenvalue weighted by Gasteiger charge is 2.34. The van der Waals surface area contributed by atoms with Crippen molar-refractivity contribution in [3.8, 4) is 0 Å². The van der Waals surface area contributed by atoms with Crippen LogP contribution < -0.4 is 0 Å². The Kier molecular flexibility index (Phi) is 5.87. The first kappa shape index (κ1) is 17.3. The molecule has 0 N–H and O–H groups in total. The predicted octanol–water partition coefficient (Wildman–Crippen LogP) is 3.73. The quantitative estimate of drug-likeness (QED) is 0.554. The average molecular weight is 310 g/mol. The third-order valence-corrected chi connectivity index (χ3v) is 5.33. The third kappa shape index (κ3) is 4.72. The minimum Gasteiger partial charge on any atom is -0.462 e. The summed E-state index contributed by atoms with van der Waals surface area (Å²) in [5, 5.41) is 0. The molecule has 4 nitrogen and oxygen atoms in total. The van der Waals surface area contributed by atoms with E-state index in [1.165, 1.54) is 12.8 Å². The van der Waals surface area contributed by atoms with E-state index in [0.29, 0.717) is 11.3 Å². The second-order valence-corrected chi connectivity index (χ2v) is 7.77. The van der Waals surface area contributed by atoms with E-state index in [9.17, 15) is 9.59 Å². The smallest absolute Gasteiger partial charge is 0.309 e. The Labute approximate surface area is 133 Å². The van der Waals surface area contributed by atoms with E-state index in [1.807, 2.05) is 6.92 Å². The highest BCUT2D eigenvalue weighted by molar-refractivity contribution is 5.73. The number of esters is 2. The van der Waals surface area contributed by atoms with Crippen molar-refractivity contribution in [3.05, 3.63) is 0 Å². The van der Waals surface area contributed by atoms with Crippen molar-refractivity contribution in [3.63, 3.8) is 0 Å². The van der Waals surface area contributed by atoms with Crippen LogP contribution in [0.5, 0.6) is 0 Å². The van der Waals surface area contributed by atoms with Crippen LogP contribution >= 0.6 is 0 Å². The summed E-state index contributed by atoms with van der Waals surface area (Å²) < 4.78 is 10.4. The topological polar surface area (TPSA) is 52.6 Å². The van der Waals surface area contributed by atoms with Crippen molar-refractivity contribution in [2.75, 3.05) is 13.2 Å². The van der Waals surface area contributed by atoms with E-state index in [0.717, 1.165) is 32.1 Å². The van der Waals surface area contributed by atoms with E-state index in [1.54, 1.807) is 0 Å². The monoisotopic (exact) mass is 310 g/mol. The van der Waals surface area contributed by atoms with Crippen LogP contribution in [-0.4, -0.2) is 25.2 Å². The summed E-state index contributed by atoms with van der Waals surface area (Å²) in [6.45, 7) is 6.88. The molecule has 0 heterocycles. The van der Waals surface area contributed by atoms with Gasteiger partial charge in [0.1, 0.15) is 13.2 Å². The summed E-state index contributed by atoms with van der Waals surface area (Å²) in [5.41, 5.74) is 0.329. The van der Waals surface area contributed by atoms with Gasteiger partial charge in [-0.05, 0) is 43.4 Å². The maximum absolute atomic E-state index is 12.1. The summed E-state index contributed by atoms with van der Waals surface area (Å²) >= 11 is 0. The number of carbonyl (C=O) groups is 2. The molecule has 0 bridgehead atoms. The Bertz CT molecular complexity index is 398. The summed E-state index contributed by atoms with van der Waals surface area (Å²) in [7, 11) is 0. The molecule has 22 heavy (non-hydrogen) atoms. The van der Waals surface area contributed by atoms with Gasteiger partial charge in [0.05, 0.1) is 11.8 Å². The SMILES string of the molecule is C[C@@H](C(=O)OCCOC(=O)C1CCC1)[C@@H]1CCCC(C)(C)C1. The second kappa shape index (κ2) is 7.47. The minimum atomic E-state index is -0.151. The van der Waals surface area contributed by atoms with E-state index < -0.39 is 0 Å². The van der Waals surface area contributed by atoms with E-state index in [4.69, 9.17) is 9.47 Å². The molecule has 0 aromatic carbocycles. The molecular formula is C18H30O4.